The van der Waals surface area contributed by atoms with E-state index in [1.807, 2.05) is 18.7 Å². The number of thiazole rings is 1. The minimum atomic E-state index is 0.0902. The van der Waals surface area contributed by atoms with Gasteiger partial charge < -0.3 is 5.73 Å². The topological polar surface area (TPSA) is 38.9 Å². The molecule has 1 heterocycles. The summed E-state index contributed by atoms with van der Waals surface area (Å²) in [4.78, 5) is 5.91. The number of benzene rings is 1. The molecule has 0 saturated carbocycles. The molecule has 2 rings (SSSR count). The Morgan fingerprint density at radius 3 is 2.74 bits per heavy atom. The second-order valence-electron chi connectivity index (χ2n) is 4.98. The van der Waals surface area contributed by atoms with Crippen LogP contribution in [0.4, 0.5) is 0 Å². The predicted molar refractivity (Wildman–Crippen MR) is 84.8 cm³/mol. The quantitative estimate of drug-likeness (QED) is 0.820. The van der Waals surface area contributed by atoms with E-state index in [4.69, 9.17) is 5.73 Å². The summed E-state index contributed by atoms with van der Waals surface area (Å²) >= 11 is 3.58. The molecule has 102 valence electrons. The molecule has 0 aliphatic carbocycles. The Balaban J connectivity index is 1.99. The highest BCUT2D eigenvalue weighted by Crippen LogP contribution is 2.27. The van der Waals surface area contributed by atoms with Crippen LogP contribution in [0.3, 0.4) is 0 Å². The van der Waals surface area contributed by atoms with E-state index in [9.17, 15) is 0 Å². The molecule has 0 radical (unpaired) electrons. The zero-order chi connectivity index (χ0) is 13.8. The first-order chi connectivity index (χ1) is 9.06. The zero-order valence-corrected chi connectivity index (χ0v) is 13.2. The fraction of sp³-hybridized carbons (Fsp3) is 0.400. The van der Waals surface area contributed by atoms with E-state index in [1.165, 1.54) is 21.2 Å². The summed E-state index contributed by atoms with van der Waals surface area (Å²) < 4.78 is 0. The Labute approximate surface area is 123 Å². The lowest BCUT2D eigenvalue weighted by Gasteiger charge is -2.07. The fourth-order valence-electron chi connectivity index (χ4n) is 1.70. The van der Waals surface area contributed by atoms with Gasteiger partial charge in [-0.15, -0.1) is 23.1 Å². The van der Waals surface area contributed by atoms with Gasteiger partial charge in [-0.25, -0.2) is 4.98 Å². The van der Waals surface area contributed by atoms with Crippen LogP contribution in [0.5, 0.6) is 0 Å². The van der Waals surface area contributed by atoms with E-state index in [0.29, 0.717) is 5.92 Å². The van der Waals surface area contributed by atoms with Crippen LogP contribution in [0.2, 0.25) is 0 Å². The lowest BCUT2D eigenvalue weighted by molar-refractivity contribution is 0.815. The first-order valence-electron chi connectivity index (χ1n) is 6.49. The average molecular weight is 292 g/mol. The van der Waals surface area contributed by atoms with Crippen LogP contribution in [0.25, 0.3) is 0 Å². The van der Waals surface area contributed by atoms with Gasteiger partial charge >= 0.3 is 0 Å². The van der Waals surface area contributed by atoms with Crippen LogP contribution in [0.15, 0.2) is 34.5 Å². The smallest absolute Gasteiger partial charge is 0.0954 e. The molecule has 1 unspecified atom stereocenters. The Bertz CT molecular complexity index is 532. The van der Waals surface area contributed by atoms with Crippen LogP contribution >= 0.6 is 23.1 Å². The van der Waals surface area contributed by atoms with Crippen LogP contribution in [-0.4, -0.2) is 4.98 Å². The number of rotatable bonds is 5. The maximum atomic E-state index is 5.91. The molecule has 0 spiro atoms. The molecule has 2 N–H and O–H groups in total. The zero-order valence-electron chi connectivity index (χ0n) is 11.6. The Hall–Kier alpha value is -0.840. The summed E-state index contributed by atoms with van der Waals surface area (Å²) in [5.41, 5.74) is 8.26. The fourth-order valence-corrected chi connectivity index (χ4v) is 3.50. The van der Waals surface area contributed by atoms with Crippen LogP contribution < -0.4 is 5.73 Å². The largest absolute Gasteiger partial charge is 0.324 e. The van der Waals surface area contributed by atoms with Gasteiger partial charge in [0, 0.05) is 28.0 Å². The molecule has 2 aromatic rings. The third kappa shape index (κ3) is 4.06. The third-order valence-corrected chi connectivity index (χ3v) is 5.06. The van der Waals surface area contributed by atoms with E-state index in [0.717, 1.165) is 5.75 Å². The second-order valence-corrected chi connectivity index (χ2v) is 6.92. The van der Waals surface area contributed by atoms with Gasteiger partial charge in [-0.1, -0.05) is 26.0 Å². The van der Waals surface area contributed by atoms with Crippen molar-refractivity contribution in [3.63, 3.8) is 0 Å². The molecule has 0 amide bonds. The van der Waals surface area contributed by atoms with Gasteiger partial charge in [0.25, 0.3) is 0 Å². The SMILES string of the molecule is CC(C)c1nc(CSc2cccc(C(C)N)c2)cs1. The van der Waals surface area contributed by atoms with Crippen molar-refractivity contribution in [2.24, 2.45) is 5.73 Å². The second kappa shape index (κ2) is 6.55. The highest BCUT2D eigenvalue weighted by molar-refractivity contribution is 7.98. The van der Waals surface area contributed by atoms with Crippen molar-refractivity contribution in [1.29, 1.82) is 0 Å². The lowest BCUT2D eigenvalue weighted by atomic mass is 10.1. The monoisotopic (exact) mass is 292 g/mol. The molecule has 4 heteroatoms. The van der Waals surface area contributed by atoms with Gasteiger partial charge in [-0.05, 0) is 24.6 Å². The molecular formula is C15H20N2S2. The Morgan fingerprint density at radius 1 is 1.32 bits per heavy atom. The van der Waals surface area contributed by atoms with E-state index in [2.05, 4.69) is 48.5 Å². The Morgan fingerprint density at radius 2 is 2.11 bits per heavy atom. The van der Waals surface area contributed by atoms with Gasteiger partial charge in [0.1, 0.15) is 0 Å². The van der Waals surface area contributed by atoms with Crippen molar-refractivity contribution in [2.75, 3.05) is 0 Å². The molecule has 0 aliphatic rings. The standard InChI is InChI=1S/C15H20N2S2/c1-10(2)15-17-13(9-19-15)8-18-14-6-4-5-12(7-14)11(3)16/h4-7,9-11H,8,16H2,1-3H3. The van der Waals surface area contributed by atoms with Crippen molar-refractivity contribution in [3.8, 4) is 0 Å². The van der Waals surface area contributed by atoms with Gasteiger partial charge in [0.2, 0.25) is 0 Å². The number of hydrogen-bond donors (Lipinski definition) is 1. The Kier molecular flexibility index (Phi) is 5.02. The lowest BCUT2D eigenvalue weighted by Crippen LogP contribution is -2.04. The minimum Gasteiger partial charge on any atom is -0.324 e. The van der Waals surface area contributed by atoms with Crippen molar-refractivity contribution >= 4 is 23.1 Å². The van der Waals surface area contributed by atoms with E-state index in [-0.39, 0.29) is 6.04 Å². The molecule has 19 heavy (non-hydrogen) atoms. The van der Waals surface area contributed by atoms with Crippen LogP contribution in [0.1, 0.15) is 49.0 Å². The van der Waals surface area contributed by atoms with Gasteiger partial charge in [0.15, 0.2) is 0 Å². The maximum Gasteiger partial charge on any atom is 0.0954 e. The predicted octanol–water partition coefficient (Wildman–Crippen LogP) is 4.58. The van der Waals surface area contributed by atoms with Crippen molar-refractivity contribution in [3.05, 3.63) is 45.9 Å². The van der Waals surface area contributed by atoms with Gasteiger partial charge in [0.05, 0.1) is 10.7 Å². The minimum absolute atomic E-state index is 0.0902. The summed E-state index contributed by atoms with van der Waals surface area (Å²) in [5, 5.41) is 3.39. The molecule has 1 aromatic carbocycles. The number of hydrogen-bond acceptors (Lipinski definition) is 4. The maximum absolute atomic E-state index is 5.91. The van der Waals surface area contributed by atoms with Crippen molar-refractivity contribution in [1.82, 2.24) is 4.98 Å². The molecule has 0 bridgehead atoms. The summed E-state index contributed by atoms with van der Waals surface area (Å²) in [7, 11) is 0. The molecule has 0 aliphatic heterocycles. The van der Waals surface area contributed by atoms with Gasteiger partial charge in [-0.3, -0.25) is 0 Å². The van der Waals surface area contributed by atoms with Gasteiger partial charge in [-0.2, -0.15) is 0 Å². The van der Waals surface area contributed by atoms with E-state index >= 15 is 0 Å². The number of aromatic nitrogens is 1. The summed E-state index contributed by atoms with van der Waals surface area (Å²) in [6, 6.07) is 8.54. The molecule has 2 nitrogen and oxygen atoms in total. The number of nitrogens with zero attached hydrogens (tertiary/aromatic N) is 1. The average Bonchev–Trinajstić information content (AvgIpc) is 2.85. The summed E-state index contributed by atoms with van der Waals surface area (Å²) in [5.74, 6) is 1.44. The van der Waals surface area contributed by atoms with E-state index < -0.39 is 0 Å². The van der Waals surface area contributed by atoms with Crippen LogP contribution in [0, 0.1) is 0 Å². The van der Waals surface area contributed by atoms with Crippen molar-refractivity contribution < 1.29 is 0 Å². The summed E-state index contributed by atoms with van der Waals surface area (Å²) in [6.45, 7) is 6.38. The number of thioether (sulfide) groups is 1. The third-order valence-electron chi connectivity index (χ3n) is 2.83. The molecule has 0 saturated heterocycles. The highest BCUT2D eigenvalue weighted by Gasteiger charge is 2.07. The highest BCUT2D eigenvalue weighted by atomic mass is 32.2. The molecule has 1 aromatic heterocycles. The summed E-state index contributed by atoms with van der Waals surface area (Å²) in [6.07, 6.45) is 0. The number of nitrogens with two attached hydrogens (primary N) is 1. The molecular weight excluding hydrogens is 272 g/mol. The van der Waals surface area contributed by atoms with E-state index in [1.54, 1.807) is 11.3 Å². The molecule has 0 fully saturated rings. The first-order valence-corrected chi connectivity index (χ1v) is 8.35. The van der Waals surface area contributed by atoms with Crippen LogP contribution in [-0.2, 0) is 5.75 Å². The normalized spacial score (nSPS) is 12.9. The van der Waals surface area contributed by atoms with Crippen molar-refractivity contribution in [2.45, 2.75) is 43.4 Å². The first kappa shape index (κ1) is 14.6. The molecule has 1 atom stereocenters.